The van der Waals surface area contributed by atoms with E-state index in [1.807, 2.05) is 31.2 Å². The lowest BCUT2D eigenvalue weighted by atomic mass is 10.1. The Hall–Kier alpha value is -2.23. The smallest absolute Gasteiger partial charge is 0.259 e. The van der Waals surface area contributed by atoms with Gasteiger partial charge in [-0.05, 0) is 38.1 Å². The number of carbonyl (C=O) groups excluding carboxylic acids is 1. The van der Waals surface area contributed by atoms with Crippen molar-refractivity contribution in [2.24, 2.45) is 0 Å². The molecule has 2 aromatic carbocycles. The largest absolute Gasteiger partial charge is 0.461 e. The summed E-state index contributed by atoms with van der Waals surface area (Å²) in [5, 5.41) is 3.68. The molecule has 0 bridgehead atoms. The molecule has 5 heteroatoms. The van der Waals surface area contributed by atoms with Gasteiger partial charge in [-0.2, -0.15) is 0 Å². The summed E-state index contributed by atoms with van der Waals surface area (Å²) in [5.74, 6) is 0.923. The molecule has 0 aliphatic heterocycles. The maximum absolute atomic E-state index is 12.5. The van der Waals surface area contributed by atoms with E-state index in [9.17, 15) is 4.79 Å². The van der Waals surface area contributed by atoms with E-state index in [2.05, 4.69) is 5.32 Å². The van der Waals surface area contributed by atoms with Gasteiger partial charge in [-0.1, -0.05) is 53.0 Å². The average Bonchev–Trinajstić information content (AvgIpc) is 2.93. The van der Waals surface area contributed by atoms with Crippen molar-refractivity contribution < 1.29 is 9.21 Å². The zero-order chi connectivity index (χ0) is 17.3. The fourth-order valence-corrected chi connectivity index (χ4v) is 2.80. The number of nitrogens with one attached hydrogen (secondary N) is 1. The number of carbonyl (C=O) groups is 1. The van der Waals surface area contributed by atoms with Crippen LogP contribution in [0.25, 0.3) is 11.3 Å². The predicted molar refractivity (Wildman–Crippen MR) is 98.0 cm³/mol. The van der Waals surface area contributed by atoms with Crippen molar-refractivity contribution in [3.8, 4) is 11.3 Å². The van der Waals surface area contributed by atoms with Gasteiger partial charge in [0.05, 0.1) is 16.3 Å². The highest BCUT2D eigenvalue weighted by molar-refractivity contribution is 6.36. The second-order valence-electron chi connectivity index (χ2n) is 5.52. The lowest BCUT2D eigenvalue weighted by Crippen LogP contribution is -2.12. The van der Waals surface area contributed by atoms with Gasteiger partial charge in [-0.15, -0.1) is 0 Å². The first-order chi connectivity index (χ1) is 11.4. The normalized spacial score (nSPS) is 10.7. The van der Waals surface area contributed by atoms with Crippen LogP contribution in [0.3, 0.4) is 0 Å². The molecule has 1 heterocycles. The summed E-state index contributed by atoms with van der Waals surface area (Å²) in [7, 11) is 0. The van der Waals surface area contributed by atoms with Gasteiger partial charge in [0.15, 0.2) is 0 Å². The van der Waals surface area contributed by atoms with Gasteiger partial charge in [0.2, 0.25) is 0 Å². The van der Waals surface area contributed by atoms with Crippen molar-refractivity contribution in [3.63, 3.8) is 0 Å². The molecule has 1 aromatic heterocycles. The number of halogens is 2. The molecule has 3 rings (SSSR count). The van der Waals surface area contributed by atoms with Crippen LogP contribution in [0.4, 0.5) is 5.69 Å². The number of amides is 1. The third-order valence-corrected chi connectivity index (χ3v) is 4.23. The summed E-state index contributed by atoms with van der Waals surface area (Å²) in [6.45, 7) is 3.78. The quantitative estimate of drug-likeness (QED) is 0.611. The first-order valence-electron chi connectivity index (χ1n) is 7.38. The minimum atomic E-state index is -0.279. The molecule has 0 saturated carbocycles. The summed E-state index contributed by atoms with van der Waals surface area (Å²) < 4.78 is 5.73. The maximum atomic E-state index is 12.5. The SMILES string of the molecule is Cc1ccc(-c2cc(C(=O)Nc3ccc(Cl)cc3Cl)c(C)o2)cc1. The van der Waals surface area contributed by atoms with Gasteiger partial charge in [0.25, 0.3) is 5.91 Å². The van der Waals surface area contributed by atoms with Crippen molar-refractivity contribution in [2.45, 2.75) is 13.8 Å². The molecule has 0 unspecified atom stereocenters. The van der Waals surface area contributed by atoms with E-state index < -0.39 is 0 Å². The minimum absolute atomic E-state index is 0.279. The van der Waals surface area contributed by atoms with Gasteiger partial charge in [0.1, 0.15) is 11.5 Å². The van der Waals surface area contributed by atoms with Gasteiger partial charge in [0, 0.05) is 10.6 Å². The van der Waals surface area contributed by atoms with Crippen molar-refractivity contribution in [1.29, 1.82) is 0 Å². The minimum Gasteiger partial charge on any atom is -0.461 e. The van der Waals surface area contributed by atoms with Crippen LogP contribution < -0.4 is 5.32 Å². The highest BCUT2D eigenvalue weighted by Gasteiger charge is 2.17. The molecule has 1 N–H and O–H groups in total. The summed E-state index contributed by atoms with van der Waals surface area (Å²) in [4.78, 5) is 12.5. The molecule has 3 nitrogen and oxygen atoms in total. The number of furan rings is 1. The zero-order valence-corrected chi connectivity index (χ0v) is 14.7. The van der Waals surface area contributed by atoms with Crippen molar-refractivity contribution >= 4 is 34.8 Å². The molecular formula is C19H15Cl2NO2. The van der Waals surface area contributed by atoms with E-state index in [4.69, 9.17) is 27.6 Å². The topological polar surface area (TPSA) is 42.2 Å². The molecule has 0 aliphatic carbocycles. The number of hydrogen-bond donors (Lipinski definition) is 1. The van der Waals surface area contributed by atoms with Crippen molar-refractivity contribution in [1.82, 2.24) is 0 Å². The Morgan fingerprint density at radius 2 is 1.71 bits per heavy atom. The van der Waals surface area contributed by atoms with Crippen LogP contribution >= 0.6 is 23.2 Å². The van der Waals surface area contributed by atoms with Crippen LogP contribution in [0, 0.1) is 13.8 Å². The van der Waals surface area contributed by atoms with Crippen LogP contribution in [0.2, 0.25) is 10.0 Å². The van der Waals surface area contributed by atoms with Crippen molar-refractivity contribution in [2.75, 3.05) is 5.32 Å². The molecule has 3 aromatic rings. The highest BCUT2D eigenvalue weighted by atomic mass is 35.5. The van der Waals surface area contributed by atoms with Crippen LogP contribution in [0.5, 0.6) is 0 Å². The van der Waals surface area contributed by atoms with Crippen molar-refractivity contribution in [3.05, 3.63) is 75.5 Å². The second-order valence-corrected chi connectivity index (χ2v) is 6.37. The molecule has 0 radical (unpaired) electrons. The van der Waals surface area contributed by atoms with Gasteiger partial charge in [-0.25, -0.2) is 0 Å². The molecule has 122 valence electrons. The summed E-state index contributed by atoms with van der Waals surface area (Å²) >= 11 is 12.0. The number of aryl methyl sites for hydroxylation is 2. The van der Waals surface area contributed by atoms with E-state index in [1.165, 1.54) is 0 Å². The molecule has 24 heavy (non-hydrogen) atoms. The Bertz CT molecular complexity index is 898. The molecule has 0 fully saturated rings. The van der Waals surface area contributed by atoms with Gasteiger partial charge < -0.3 is 9.73 Å². The van der Waals surface area contributed by atoms with E-state index in [0.717, 1.165) is 11.1 Å². The standard InChI is InChI=1S/C19H15Cl2NO2/c1-11-3-5-13(6-4-11)18-10-15(12(2)24-18)19(23)22-17-8-7-14(20)9-16(17)21/h3-10H,1-2H3,(H,22,23). The predicted octanol–water partition coefficient (Wildman–Crippen LogP) is 6.12. The third kappa shape index (κ3) is 3.48. The van der Waals surface area contributed by atoms with Crippen LogP contribution in [-0.2, 0) is 0 Å². The average molecular weight is 360 g/mol. The maximum Gasteiger partial charge on any atom is 0.259 e. The van der Waals surface area contributed by atoms with Gasteiger partial charge >= 0.3 is 0 Å². The summed E-state index contributed by atoms with van der Waals surface area (Å²) in [6.07, 6.45) is 0. The number of benzene rings is 2. The molecule has 1 amide bonds. The first-order valence-corrected chi connectivity index (χ1v) is 8.13. The Morgan fingerprint density at radius 1 is 1.00 bits per heavy atom. The van der Waals surface area contributed by atoms with Crippen LogP contribution in [0.15, 0.2) is 52.9 Å². The molecule has 0 saturated heterocycles. The summed E-state index contributed by atoms with van der Waals surface area (Å²) in [5.41, 5.74) is 3.06. The molecular weight excluding hydrogens is 345 g/mol. The van der Waals surface area contributed by atoms with E-state index in [1.54, 1.807) is 31.2 Å². The van der Waals surface area contributed by atoms with Crippen LogP contribution in [0.1, 0.15) is 21.7 Å². The summed E-state index contributed by atoms with van der Waals surface area (Å²) in [6, 6.07) is 14.6. The first kappa shape index (κ1) is 16.6. The third-order valence-electron chi connectivity index (χ3n) is 3.68. The zero-order valence-electron chi connectivity index (χ0n) is 13.2. The van der Waals surface area contributed by atoms with E-state index in [0.29, 0.717) is 32.8 Å². The number of hydrogen-bond acceptors (Lipinski definition) is 2. The number of rotatable bonds is 3. The second kappa shape index (κ2) is 6.71. The Morgan fingerprint density at radius 3 is 2.38 bits per heavy atom. The lowest BCUT2D eigenvalue weighted by molar-refractivity contribution is 0.102. The van der Waals surface area contributed by atoms with Gasteiger partial charge in [-0.3, -0.25) is 4.79 Å². The molecule has 0 aliphatic rings. The highest BCUT2D eigenvalue weighted by Crippen LogP contribution is 2.29. The van der Waals surface area contributed by atoms with E-state index in [-0.39, 0.29) is 5.91 Å². The Balaban J connectivity index is 1.86. The monoisotopic (exact) mass is 359 g/mol. The Labute approximate surface area is 150 Å². The number of anilines is 1. The molecule has 0 atom stereocenters. The fourth-order valence-electron chi connectivity index (χ4n) is 2.35. The van der Waals surface area contributed by atoms with E-state index >= 15 is 0 Å². The molecule has 0 spiro atoms. The lowest BCUT2D eigenvalue weighted by Gasteiger charge is -2.06. The fraction of sp³-hybridized carbons (Fsp3) is 0.105. The van der Waals surface area contributed by atoms with Crippen LogP contribution in [-0.4, -0.2) is 5.91 Å². The Kier molecular flexibility index (Phi) is 4.65.